The monoisotopic (exact) mass is 256 g/mol. The molecule has 4 nitrogen and oxygen atoms in total. The van der Waals surface area contributed by atoms with Crippen molar-refractivity contribution in [3.8, 4) is 12.1 Å². The van der Waals surface area contributed by atoms with Gasteiger partial charge in [0.2, 0.25) is 0 Å². The Morgan fingerprint density at radius 3 is 2.53 bits per heavy atom. The van der Waals surface area contributed by atoms with E-state index < -0.39 is 0 Å². The lowest BCUT2D eigenvalue weighted by Gasteiger charge is -2.19. The van der Waals surface area contributed by atoms with E-state index in [1.54, 1.807) is 6.08 Å². The zero-order valence-corrected chi connectivity index (χ0v) is 11.7. The lowest BCUT2D eigenvalue weighted by atomic mass is 10.1. The summed E-state index contributed by atoms with van der Waals surface area (Å²) in [6.07, 6.45) is 7.01. The zero-order chi connectivity index (χ0) is 14.3. The molecule has 100 valence electrons. The summed E-state index contributed by atoms with van der Waals surface area (Å²) in [5.41, 5.74) is 0.562. The molecular weight excluding hydrogens is 236 g/mol. The molecule has 0 saturated heterocycles. The number of rotatable bonds is 7. The third-order valence-electron chi connectivity index (χ3n) is 3.31. The quantitative estimate of drug-likeness (QED) is 0.697. The van der Waals surface area contributed by atoms with Crippen LogP contribution in [-0.4, -0.2) is 9.55 Å². The smallest absolute Gasteiger partial charge is 0.177 e. The highest BCUT2D eigenvalue weighted by atomic mass is 15.1. The molecule has 1 rings (SSSR count). The molecule has 0 spiro atoms. The number of hydrogen-bond donors (Lipinski definition) is 0. The van der Waals surface area contributed by atoms with Crippen LogP contribution in [0.5, 0.6) is 0 Å². The number of hydrogen-bond acceptors (Lipinski definition) is 3. The van der Waals surface area contributed by atoms with Gasteiger partial charge in [0, 0.05) is 6.04 Å². The van der Waals surface area contributed by atoms with Crippen molar-refractivity contribution in [1.29, 1.82) is 10.5 Å². The number of imidazole rings is 1. The minimum absolute atomic E-state index is 0.200. The third kappa shape index (κ3) is 3.23. The SMILES string of the molecule is C=Cc1nc(C#N)c(C#N)n1C(CC)CCCCC. The zero-order valence-electron chi connectivity index (χ0n) is 11.7. The minimum atomic E-state index is 0.200. The van der Waals surface area contributed by atoms with Crippen LogP contribution in [0.2, 0.25) is 0 Å². The Labute approximate surface area is 115 Å². The largest absolute Gasteiger partial charge is 0.312 e. The van der Waals surface area contributed by atoms with Gasteiger partial charge in [-0.1, -0.05) is 39.7 Å². The number of aromatic nitrogens is 2. The second-order valence-electron chi connectivity index (χ2n) is 4.52. The first-order chi connectivity index (χ1) is 9.23. The lowest BCUT2D eigenvalue weighted by Crippen LogP contribution is -2.12. The summed E-state index contributed by atoms with van der Waals surface area (Å²) in [6, 6.07) is 4.30. The van der Waals surface area contributed by atoms with Gasteiger partial charge in [-0.15, -0.1) is 0 Å². The Balaban J connectivity index is 3.15. The lowest BCUT2D eigenvalue weighted by molar-refractivity contribution is 0.426. The molecule has 0 saturated carbocycles. The molecule has 1 atom stereocenters. The molecule has 1 heterocycles. The van der Waals surface area contributed by atoms with Gasteiger partial charge in [-0.05, 0) is 18.9 Å². The number of unbranched alkanes of at least 4 members (excludes halogenated alkanes) is 2. The van der Waals surface area contributed by atoms with E-state index in [0.29, 0.717) is 11.5 Å². The van der Waals surface area contributed by atoms with E-state index in [1.165, 1.54) is 12.8 Å². The third-order valence-corrected chi connectivity index (χ3v) is 3.31. The Morgan fingerprint density at radius 2 is 2.05 bits per heavy atom. The van der Waals surface area contributed by atoms with Crippen LogP contribution in [0.25, 0.3) is 6.08 Å². The first-order valence-electron chi connectivity index (χ1n) is 6.78. The van der Waals surface area contributed by atoms with E-state index in [2.05, 4.69) is 31.5 Å². The van der Waals surface area contributed by atoms with Crippen LogP contribution in [0.4, 0.5) is 0 Å². The summed E-state index contributed by atoms with van der Waals surface area (Å²) >= 11 is 0. The van der Waals surface area contributed by atoms with Crippen LogP contribution in [0.3, 0.4) is 0 Å². The van der Waals surface area contributed by atoms with E-state index in [9.17, 15) is 5.26 Å². The van der Waals surface area contributed by atoms with Gasteiger partial charge in [0.25, 0.3) is 0 Å². The Bertz CT molecular complexity index is 513. The van der Waals surface area contributed by atoms with E-state index in [4.69, 9.17) is 5.26 Å². The van der Waals surface area contributed by atoms with Gasteiger partial charge in [0.1, 0.15) is 18.0 Å². The minimum Gasteiger partial charge on any atom is -0.312 e. The van der Waals surface area contributed by atoms with Crippen LogP contribution < -0.4 is 0 Å². The Morgan fingerprint density at radius 1 is 1.32 bits per heavy atom. The van der Waals surface area contributed by atoms with E-state index >= 15 is 0 Å². The van der Waals surface area contributed by atoms with Gasteiger partial charge >= 0.3 is 0 Å². The summed E-state index contributed by atoms with van der Waals surface area (Å²) in [7, 11) is 0. The van der Waals surface area contributed by atoms with Crippen LogP contribution in [0.15, 0.2) is 6.58 Å². The maximum Gasteiger partial charge on any atom is 0.177 e. The molecule has 0 N–H and O–H groups in total. The molecule has 0 aliphatic rings. The summed E-state index contributed by atoms with van der Waals surface area (Å²) in [5.74, 6) is 0.622. The number of nitrogens with zero attached hydrogens (tertiary/aromatic N) is 4. The molecule has 0 aromatic carbocycles. The molecular formula is C15H20N4. The van der Waals surface area contributed by atoms with Gasteiger partial charge in [0.05, 0.1) is 0 Å². The predicted molar refractivity (Wildman–Crippen MR) is 75.2 cm³/mol. The Kier molecular flexibility index (Phi) is 5.82. The first kappa shape index (κ1) is 15.0. The summed E-state index contributed by atoms with van der Waals surface area (Å²) in [5, 5.41) is 18.3. The van der Waals surface area contributed by atoms with E-state index in [1.807, 2.05) is 10.6 Å². The molecule has 19 heavy (non-hydrogen) atoms. The fourth-order valence-corrected chi connectivity index (χ4v) is 2.29. The maximum absolute atomic E-state index is 9.26. The molecule has 4 heteroatoms. The second-order valence-corrected chi connectivity index (χ2v) is 4.52. The molecule has 0 amide bonds. The second kappa shape index (κ2) is 7.38. The summed E-state index contributed by atoms with van der Waals surface area (Å²) in [4.78, 5) is 4.18. The number of nitriles is 2. The summed E-state index contributed by atoms with van der Waals surface area (Å²) < 4.78 is 1.88. The van der Waals surface area contributed by atoms with Crippen LogP contribution in [0, 0.1) is 22.7 Å². The molecule has 0 bridgehead atoms. The average molecular weight is 256 g/mol. The van der Waals surface area contributed by atoms with Gasteiger partial charge < -0.3 is 4.57 Å². The average Bonchev–Trinajstić information content (AvgIpc) is 2.81. The van der Waals surface area contributed by atoms with Crippen LogP contribution >= 0.6 is 0 Å². The molecule has 1 unspecified atom stereocenters. The van der Waals surface area contributed by atoms with E-state index in [-0.39, 0.29) is 11.7 Å². The van der Waals surface area contributed by atoms with Crippen LogP contribution in [-0.2, 0) is 0 Å². The van der Waals surface area contributed by atoms with E-state index in [0.717, 1.165) is 19.3 Å². The molecule has 0 aliphatic heterocycles. The normalized spacial score (nSPS) is 11.6. The highest BCUT2D eigenvalue weighted by molar-refractivity contribution is 5.47. The standard InChI is InChI=1S/C15H20N4/c1-4-7-8-9-12(5-2)19-14(11-17)13(10-16)18-15(19)6-3/h6,12H,3-5,7-9H2,1-2H3. The molecule has 1 aromatic heterocycles. The molecule has 0 fully saturated rings. The fraction of sp³-hybridized carbons (Fsp3) is 0.533. The van der Waals surface area contributed by atoms with Gasteiger partial charge in [-0.25, -0.2) is 4.98 Å². The highest BCUT2D eigenvalue weighted by Crippen LogP contribution is 2.25. The topological polar surface area (TPSA) is 65.4 Å². The van der Waals surface area contributed by atoms with Gasteiger partial charge in [0.15, 0.2) is 11.4 Å². The van der Waals surface area contributed by atoms with Crippen molar-refractivity contribution in [2.45, 2.75) is 52.0 Å². The van der Waals surface area contributed by atoms with Crippen molar-refractivity contribution in [3.63, 3.8) is 0 Å². The first-order valence-corrected chi connectivity index (χ1v) is 6.78. The van der Waals surface area contributed by atoms with Crippen molar-refractivity contribution in [1.82, 2.24) is 9.55 Å². The van der Waals surface area contributed by atoms with Crippen molar-refractivity contribution < 1.29 is 0 Å². The van der Waals surface area contributed by atoms with Crippen molar-refractivity contribution in [2.75, 3.05) is 0 Å². The predicted octanol–water partition coefficient (Wildman–Crippen LogP) is 3.80. The summed E-state index contributed by atoms with van der Waals surface area (Å²) in [6.45, 7) is 7.99. The molecule has 1 aromatic rings. The van der Waals surface area contributed by atoms with Gasteiger partial charge in [-0.2, -0.15) is 10.5 Å². The fourth-order valence-electron chi connectivity index (χ4n) is 2.29. The Hall–Kier alpha value is -2.07. The van der Waals surface area contributed by atoms with Gasteiger partial charge in [-0.3, -0.25) is 0 Å². The molecule has 0 aliphatic carbocycles. The van der Waals surface area contributed by atoms with Crippen LogP contribution in [0.1, 0.15) is 69.2 Å². The highest BCUT2D eigenvalue weighted by Gasteiger charge is 2.20. The van der Waals surface area contributed by atoms with Crippen molar-refractivity contribution in [2.24, 2.45) is 0 Å². The van der Waals surface area contributed by atoms with Crippen molar-refractivity contribution in [3.05, 3.63) is 23.8 Å². The molecule has 0 radical (unpaired) electrons. The van der Waals surface area contributed by atoms with Crippen molar-refractivity contribution >= 4 is 6.08 Å². The maximum atomic E-state index is 9.26.